The average molecular weight is 349 g/mol. The predicted molar refractivity (Wildman–Crippen MR) is 97.0 cm³/mol. The molecule has 0 heterocycles. The highest BCUT2D eigenvalue weighted by atomic mass is 32.2. The first-order valence-electron chi connectivity index (χ1n) is 9.27. The lowest BCUT2D eigenvalue weighted by molar-refractivity contribution is 0.219. The lowest BCUT2D eigenvalue weighted by atomic mass is 10.1. The van der Waals surface area contributed by atoms with Gasteiger partial charge in [-0.25, -0.2) is 0 Å². The topological polar surface area (TPSA) is 74.6 Å². The van der Waals surface area contributed by atoms with E-state index < -0.39 is 15.6 Å². The number of aliphatic hydroxyl groups excluding tert-OH is 1. The number of allylic oxidation sites excluding steroid dienone is 2. The second kappa shape index (κ2) is 15.2. The van der Waals surface area contributed by atoms with Gasteiger partial charge in [0, 0.05) is 0 Å². The van der Waals surface area contributed by atoms with Gasteiger partial charge in [-0.2, -0.15) is 8.42 Å². The van der Waals surface area contributed by atoms with Crippen LogP contribution in [0.4, 0.5) is 0 Å². The van der Waals surface area contributed by atoms with Gasteiger partial charge in [0.2, 0.25) is 0 Å². The molecule has 0 saturated carbocycles. The van der Waals surface area contributed by atoms with Crippen molar-refractivity contribution in [1.29, 1.82) is 0 Å². The maximum Gasteiger partial charge on any atom is 0.291 e. The molecule has 138 valence electrons. The normalized spacial score (nSPS) is 13.7. The van der Waals surface area contributed by atoms with Crippen molar-refractivity contribution in [2.24, 2.45) is 0 Å². The first-order valence-corrected chi connectivity index (χ1v) is 10.8. The molecule has 0 amide bonds. The SMILES string of the molecule is CCCCCCCC/C=C\CCCCCCCC(O)S(=O)(=O)O. The van der Waals surface area contributed by atoms with Gasteiger partial charge >= 0.3 is 0 Å². The summed E-state index contributed by atoms with van der Waals surface area (Å²) in [4.78, 5) is 0. The van der Waals surface area contributed by atoms with Gasteiger partial charge in [-0.15, -0.1) is 0 Å². The van der Waals surface area contributed by atoms with Gasteiger partial charge in [0.05, 0.1) is 0 Å². The Balaban J connectivity index is 3.25. The van der Waals surface area contributed by atoms with Crippen molar-refractivity contribution in [2.75, 3.05) is 0 Å². The molecular formula is C18H36O4S. The lowest BCUT2D eigenvalue weighted by Crippen LogP contribution is -2.19. The van der Waals surface area contributed by atoms with E-state index in [0.29, 0.717) is 6.42 Å². The second-order valence-electron chi connectivity index (χ2n) is 6.34. The minimum absolute atomic E-state index is 0.122. The Morgan fingerprint density at radius 3 is 1.70 bits per heavy atom. The maximum atomic E-state index is 10.6. The molecule has 0 aromatic heterocycles. The molecule has 2 N–H and O–H groups in total. The van der Waals surface area contributed by atoms with Gasteiger partial charge in [-0.1, -0.05) is 70.4 Å². The summed E-state index contributed by atoms with van der Waals surface area (Å²) in [5.74, 6) is 0. The summed E-state index contributed by atoms with van der Waals surface area (Å²) in [7, 11) is -4.28. The van der Waals surface area contributed by atoms with Crippen LogP contribution in [0.2, 0.25) is 0 Å². The minimum atomic E-state index is -4.28. The molecule has 0 aromatic rings. The van der Waals surface area contributed by atoms with Crippen molar-refractivity contribution >= 4 is 10.1 Å². The highest BCUT2D eigenvalue weighted by molar-refractivity contribution is 7.86. The first kappa shape index (κ1) is 22.6. The smallest absolute Gasteiger partial charge is 0.291 e. The zero-order valence-corrected chi connectivity index (χ0v) is 15.6. The van der Waals surface area contributed by atoms with E-state index >= 15 is 0 Å². The summed E-state index contributed by atoms with van der Waals surface area (Å²) in [6.45, 7) is 2.24. The maximum absolute atomic E-state index is 10.6. The summed E-state index contributed by atoms with van der Waals surface area (Å²) in [6.07, 6.45) is 19.9. The van der Waals surface area contributed by atoms with Crippen LogP contribution in [0.25, 0.3) is 0 Å². The molecule has 0 bridgehead atoms. The van der Waals surface area contributed by atoms with Crippen LogP contribution in [0.15, 0.2) is 12.2 Å². The van der Waals surface area contributed by atoms with Crippen LogP contribution in [-0.2, 0) is 10.1 Å². The van der Waals surface area contributed by atoms with E-state index in [9.17, 15) is 8.42 Å². The van der Waals surface area contributed by atoms with Crippen LogP contribution >= 0.6 is 0 Å². The molecule has 0 saturated heterocycles. The fourth-order valence-electron chi connectivity index (χ4n) is 2.54. The third-order valence-corrected chi connectivity index (χ3v) is 4.98. The predicted octanol–water partition coefficient (Wildman–Crippen LogP) is 5.23. The molecule has 0 aliphatic rings. The first-order chi connectivity index (χ1) is 11.0. The Morgan fingerprint density at radius 1 is 0.783 bits per heavy atom. The molecule has 0 fully saturated rings. The van der Waals surface area contributed by atoms with Crippen molar-refractivity contribution in [1.82, 2.24) is 0 Å². The third kappa shape index (κ3) is 16.3. The number of hydrogen-bond acceptors (Lipinski definition) is 3. The highest BCUT2D eigenvalue weighted by Gasteiger charge is 2.18. The van der Waals surface area contributed by atoms with Crippen LogP contribution < -0.4 is 0 Å². The molecule has 1 unspecified atom stereocenters. The number of rotatable bonds is 16. The number of aliphatic hydroxyl groups is 1. The molecule has 0 aromatic carbocycles. The summed E-state index contributed by atoms with van der Waals surface area (Å²) < 4.78 is 29.8. The van der Waals surface area contributed by atoms with Crippen molar-refractivity contribution < 1.29 is 18.1 Å². The molecule has 5 heteroatoms. The summed E-state index contributed by atoms with van der Waals surface area (Å²) >= 11 is 0. The van der Waals surface area contributed by atoms with E-state index in [-0.39, 0.29) is 6.42 Å². The van der Waals surface area contributed by atoms with Crippen molar-refractivity contribution in [2.45, 2.75) is 102 Å². The van der Waals surface area contributed by atoms with Crippen molar-refractivity contribution in [3.8, 4) is 0 Å². The minimum Gasteiger partial charge on any atom is -0.375 e. The van der Waals surface area contributed by atoms with Gasteiger partial charge in [0.15, 0.2) is 5.44 Å². The summed E-state index contributed by atoms with van der Waals surface area (Å²) in [6, 6.07) is 0. The summed E-state index contributed by atoms with van der Waals surface area (Å²) in [5, 5.41) is 9.14. The van der Waals surface area contributed by atoms with Gasteiger partial charge in [-0.3, -0.25) is 4.55 Å². The van der Waals surface area contributed by atoms with Gasteiger partial charge < -0.3 is 5.11 Å². The Bertz CT molecular complexity index is 376. The second-order valence-corrected chi connectivity index (χ2v) is 7.92. The zero-order valence-electron chi connectivity index (χ0n) is 14.8. The van der Waals surface area contributed by atoms with Crippen LogP contribution in [0, 0.1) is 0 Å². The molecule has 0 aliphatic heterocycles. The molecule has 0 rings (SSSR count). The standard InChI is InChI=1S/C18H36O4S/c1-2-3-4-5-6-7-8-9-10-11-12-13-14-15-16-17-18(19)23(20,21)22/h9-10,18-19H,2-8,11-17H2,1H3,(H,20,21,22)/b10-9-. The average Bonchev–Trinajstić information content (AvgIpc) is 2.50. The quantitative estimate of drug-likeness (QED) is 0.227. The Kier molecular flexibility index (Phi) is 14.9. The fraction of sp³-hybridized carbons (Fsp3) is 0.889. The molecule has 0 aliphatic carbocycles. The van der Waals surface area contributed by atoms with E-state index in [1.165, 1.54) is 44.9 Å². The number of unbranched alkanes of at least 4 members (excludes halogenated alkanes) is 11. The van der Waals surface area contributed by atoms with Crippen LogP contribution in [0.5, 0.6) is 0 Å². The van der Waals surface area contributed by atoms with Gasteiger partial charge in [0.25, 0.3) is 10.1 Å². The molecule has 23 heavy (non-hydrogen) atoms. The lowest BCUT2D eigenvalue weighted by Gasteiger charge is -2.06. The number of hydrogen-bond donors (Lipinski definition) is 2. The summed E-state index contributed by atoms with van der Waals surface area (Å²) in [5.41, 5.74) is -1.62. The monoisotopic (exact) mass is 348 g/mol. The molecule has 0 spiro atoms. The molecule has 1 atom stereocenters. The van der Waals surface area contributed by atoms with E-state index in [0.717, 1.165) is 32.1 Å². The Hall–Kier alpha value is -0.390. The van der Waals surface area contributed by atoms with Gasteiger partial charge in [-0.05, 0) is 38.5 Å². The van der Waals surface area contributed by atoms with Gasteiger partial charge in [0.1, 0.15) is 0 Å². The van der Waals surface area contributed by atoms with Crippen LogP contribution in [-0.4, -0.2) is 23.5 Å². The van der Waals surface area contributed by atoms with Crippen molar-refractivity contribution in [3.05, 3.63) is 12.2 Å². The Morgan fingerprint density at radius 2 is 1.22 bits per heavy atom. The zero-order chi connectivity index (χ0) is 17.4. The van der Waals surface area contributed by atoms with E-state index in [2.05, 4.69) is 19.1 Å². The molecular weight excluding hydrogens is 312 g/mol. The fourth-order valence-corrected chi connectivity index (χ4v) is 3.00. The largest absolute Gasteiger partial charge is 0.375 e. The van der Waals surface area contributed by atoms with Crippen molar-refractivity contribution in [3.63, 3.8) is 0 Å². The molecule has 4 nitrogen and oxygen atoms in total. The highest BCUT2D eigenvalue weighted by Crippen LogP contribution is 2.12. The van der Waals surface area contributed by atoms with Crippen LogP contribution in [0.1, 0.15) is 96.8 Å². The van der Waals surface area contributed by atoms with Crippen LogP contribution in [0.3, 0.4) is 0 Å². The van der Waals surface area contributed by atoms with E-state index in [1.54, 1.807) is 0 Å². The van der Waals surface area contributed by atoms with E-state index in [4.69, 9.17) is 9.66 Å². The third-order valence-electron chi connectivity index (χ3n) is 4.06. The Labute approximate surface area is 143 Å². The van der Waals surface area contributed by atoms with E-state index in [1.807, 2.05) is 0 Å². The molecule has 0 radical (unpaired) electrons.